The topological polar surface area (TPSA) is 46.9 Å². The molecule has 2 aromatic heterocycles. The molecule has 0 fully saturated rings. The Balaban J connectivity index is 2.04. The second kappa shape index (κ2) is 8.76. The molecule has 0 aliphatic rings. The highest BCUT2D eigenvalue weighted by molar-refractivity contribution is 7.13. The summed E-state index contributed by atoms with van der Waals surface area (Å²) in [5.41, 5.74) is 4.33. The average molecular weight is 414 g/mol. The molecule has 0 atom stereocenters. The van der Waals surface area contributed by atoms with E-state index in [-0.39, 0.29) is 5.91 Å². The zero-order valence-corrected chi connectivity index (χ0v) is 17.9. The monoisotopic (exact) mass is 413 g/mol. The number of thiazole rings is 1. The van der Waals surface area contributed by atoms with Gasteiger partial charge < -0.3 is 9.88 Å². The molecule has 2 heterocycles. The van der Waals surface area contributed by atoms with Crippen molar-refractivity contribution < 1.29 is 4.79 Å². The fourth-order valence-electron chi connectivity index (χ4n) is 3.10. The molecule has 0 saturated heterocycles. The van der Waals surface area contributed by atoms with Crippen LogP contribution in [-0.2, 0) is 6.54 Å². The summed E-state index contributed by atoms with van der Waals surface area (Å²) >= 11 is 7.89. The minimum atomic E-state index is -0.0947. The summed E-state index contributed by atoms with van der Waals surface area (Å²) in [6, 6.07) is 9.63. The molecule has 28 heavy (non-hydrogen) atoms. The SMILES string of the molecule is C=CCNC(=O)c1cc(-c2csc(-c3ccccc3Cl)n2)n(CC(C)C)c1C. The summed E-state index contributed by atoms with van der Waals surface area (Å²) in [6.45, 7) is 11.2. The van der Waals surface area contributed by atoms with Gasteiger partial charge in [-0.15, -0.1) is 17.9 Å². The lowest BCUT2D eigenvalue weighted by Crippen LogP contribution is -2.23. The second-order valence-electron chi connectivity index (χ2n) is 7.05. The van der Waals surface area contributed by atoms with Crippen molar-refractivity contribution in [1.82, 2.24) is 14.9 Å². The molecule has 3 rings (SSSR count). The quantitative estimate of drug-likeness (QED) is 0.496. The Labute approximate surface area is 174 Å². The number of hydrogen-bond acceptors (Lipinski definition) is 3. The minimum Gasteiger partial charge on any atom is -0.349 e. The van der Waals surface area contributed by atoms with Crippen LogP contribution in [0.3, 0.4) is 0 Å². The number of benzene rings is 1. The van der Waals surface area contributed by atoms with E-state index in [4.69, 9.17) is 16.6 Å². The van der Waals surface area contributed by atoms with Crippen LogP contribution in [-0.4, -0.2) is 22.0 Å². The van der Waals surface area contributed by atoms with Crippen LogP contribution in [0, 0.1) is 12.8 Å². The van der Waals surface area contributed by atoms with Crippen molar-refractivity contribution in [3.05, 3.63) is 64.6 Å². The zero-order chi connectivity index (χ0) is 20.3. The first-order chi connectivity index (χ1) is 13.4. The number of rotatable bonds is 7. The third-order valence-corrected chi connectivity index (χ3v) is 5.64. The van der Waals surface area contributed by atoms with Crippen molar-refractivity contribution in [2.75, 3.05) is 6.54 Å². The van der Waals surface area contributed by atoms with Gasteiger partial charge in [-0.25, -0.2) is 4.98 Å². The number of carbonyl (C=O) groups excluding carboxylic acids is 1. The van der Waals surface area contributed by atoms with Gasteiger partial charge in [-0.1, -0.05) is 49.7 Å². The molecule has 146 valence electrons. The van der Waals surface area contributed by atoms with Crippen molar-refractivity contribution in [3.8, 4) is 22.0 Å². The molecule has 6 heteroatoms. The number of hydrogen-bond donors (Lipinski definition) is 1. The molecule has 0 spiro atoms. The summed E-state index contributed by atoms with van der Waals surface area (Å²) < 4.78 is 2.18. The van der Waals surface area contributed by atoms with Crippen LogP contribution in [0.5, 0.6) is 0 Å². The second-order valence-corrected chi connectivity index (χ2v) is 8.31. The molecule has 0 saturated carbocycles. The first kappa shape index (κ1) is 20.4. The third-order valence-electron chi connectivity index (χ3n) is 4.44. The number of aromatic nitrogens is 2. The smallest absolute Gasteiger partial charge is 0.253 e. The Morgan fingerprint density at radius 3 is 2.82 bits per heavy atom. The predicted molar refractivity (Wildman–Crippen MR) is 118 cm³/mol. The Bertz CT molecular complexity index is 1000. The summed E-state index contributed by atoms with van der Waals surface area (Å²) in [7, 11) is 0. The van der Waals surface area contributed by atoms with Crippen molar-refractivity contribution in [2.24, 2.45) is 5.92 Å². The predicted octanol–water partition coefficient (Wildman–Crippen LogP) is 5.81. The maximum atomic E-state index is 12.6. The van der Waals surface area contributed by atoms with Crippen LogP contribution in [0.25, 0.3) is 22.0 Å². The van der Waals surface area contributed by atoms with E-state index in [1.807, 2.05) is 42.6 Å². The highest BCUT2D eigenvalue weighted by Crippen LogP contribution is 2.34. The van der Waals surface area contributed by atoms with Gasteiger partial charge in [0.05, 0.1) is 22.0 Å². The highest BCUT2D eigenvalue weighted by atomic mass is 35.5. The van der Waals surface area contributed by atoms with Crippen LogP contribution < -0.4 is 5.32 Å². The summed E-state index contributed by atoms with van der Waals surface area (Å²) in [5, 5.41) is 6.44. The van der Waals surface area contributed by atoms with Crippen molar-refractivity contribution in [2.45, 2.75) is 27.3 Å². The van der Waals surface area contributed by atoms with Gasteiger partial charge in [-0.05, 0) is 25.0 Å². The van der Waals surface area contributed by atoms with E-state index in [1.54, 1.807) is 17.4 Å². The first-order valence-corrected chi connectivity index (χ1v) is 10.5. The number of nitrogens with one attached hydrogen (secondary N) is 1. The molecule has 1 amide bonds. The largest absolute Gasteiger partial charge is 0.349 e. The van der Waals surface area contributed by atoms with Gasteiger partial charge in [0.25, 0.3) is 5.91 Å². The zero-order valence-electron chi connectivity index (χ0n) is 16.3. The molecular formula is C22H24ClN3OS. The lowest BCUT2D eigenvalue weighted by atomic mass is 10.2. The van der Waals surface area contributed by atoms with E-state index in [2.05, 4.69) is 30.3 Å². The molecule has 0 aliphatic carbocycles. The van der Waals surface area contributed by atoms with Crippen molar-refractivity contribution in [1.29, 1.82) is 0 Å². The van der Waals surface area contributed by atoms with E-state index in [9.17, 15) is 4.79 Å². The van der Waals surface area contributed by atoms with Crippen LogP contribution in [0.1, 0.15) is 29.9 Å². The lowest BCUT2D eigenvalue weighted by molar-refractivity contribution is 0.0957. The minimum absolute atomic E-state index is 0.0947. The molecule has 1 N–H and O–H groups in total. The number of amides is 1. The fourth-order valence-corrected chi connectivity index (χ4v) is 4.23. The van der Waals surface area contributed by atoms with Crippen LogP contribution in [0.2, 0.25) is 5.02 Å². The molecule has 0 unspecified atom stereocenters. The van der Waals surface area contributed by atoms with Gasteiger partial charge in [0, 0.05) is 29.7 Å². The molecule has 0 aliphatic heterocycles. The fraction of sp³-hybridized carbons (Fsp3) is 0.273. The molecule has 4 nitrogen and oxygen atoms in total. The molecule has 1 aromatic carbocycles. The van der Waals surface area contributed by atoms with E-state index in [0.29, 0.717) is 23.0 Å². The van der Waals surface area contributed by atoms with Gasteiger partial charge in [-0.2, -0.15) is 0 Å². The van der Waals surface area contributed by atoms with Gasteiger partial charge in [-0.3, -0.25) is 4.79 Å². The van der Waals surface area contributed by atoms with Crippen LogP contribution in [0.15, 0.2) is 48.4 Å². The van der Waals surface area contributed by atoms with Gasteiger partial charge in [0.15, 0.2) is 0 Å². The summed E-state index contributed by atoms with van der Waals surface area (Å²) in [6.07, 6.45) is 1.68. The first-order valence-electron chi connectivity index (χ1n) is 9.22. The molecule has 3 aromatic rings. The van der Waals surface area contributed by atoms with Crippen molar-refractivity contribution in [3.63, 3.8) is 0 Å². The standard InChI is InChI=1S/C22H24ClN3OS/c1-5-10-24-21(27)17-11-20(26(15(17)4)12-14(2)3)19-13-28-22(25-19)16-8-6-7-9-18(16)23/h5-9,11,13-14H,1,10,12H2,2-4H3,(H,24,27). The van der Waals surface area contributed by atoms with Gasteiger partial charge in [0.1, 0.15) is 5.01 Å². The molecule has 0 radical (unpaired) electrons. The number of carbonyl (C=O) groups is 1. The third kappa shape index (κ3) is 4.21. The average Bonchev–Trinajstić information content (AvgIpc) is 3.26. The Morgan fingerprint density at radius 2 is 2.14 bits per heavy atom. The normalized spacial score (nSPS) is 11.0. The van der Waals surface area contributed by atoms with Crippen LogP contribution in [0.4, 0.5) is 0 Å². The Morgan fingerprint density at radius 1 is 1.39 bits per heavy atom. The lowest BCUT2D eigenvalue weighted by Gasteiger charge is -2.13. The van der Waals surface area contributed by atoms with Crippen LogP contribution >= 0.6 is 22.9 Å². The highest BCUT2D eigenvalue weighted by Gasteiger charge is 2.21. The van der Waals surface area contributed by atoms with E-state index >= 15 is 0 Å². The summed E-state index contributed by atoms with van der Waals surface area (Å²) in [5.74, 6) is 0.346. The van der Waals surface area contributed by atoms with Gasteiger partial charge >= 0.3 is 0 Å². The number of halogens is 1. The van der Waals surface area contributed by atoms with Crippen molar-refractivity contribution >= 4 is 28.8 Å². The molecular weight excluding hydrogens is 390 g/mol. The molecule has 0 bridgehead atoms. The Hall–Kier alpha value is -2.37. The number of nitrogens with zero attached hydrogens (tertiary/aromatic N) is 2. The van der Waals surface area contributed by atoms with E-state index < -0.39 is 0 Å². The Kier molecular flexibility index (Phi) is 6.37. The maximum Gasteiger partial charge on any atom is 0.253 e. The van der Waals surface area contributed by atoms with E-state index in [0.717, 1.165) is 34.2 Å². The summed E-state index contributed by atoms with van der Waals surface area (Å²) in [4.78, 5) is 17.4. The van der Waals surface area contributed by atoms with E-state index in [1.165, 1.54) is 0 Å². The maximum absolute atomic E-state index is 12.6. The van der Waals surface area contributed by atoms with Gasteiger partial charge in [0.2, 0.25) is 0 Å².